The number of rotatable bonds is 6. The third-order valence-electron chi connectivity index (χ3n) is 4.86. The number of hydrogen-bond donors (Lipinski definition) is 2. The largest absolute Gasteiger partial charge is 0.497 e. The molecular weight excluding hydrogens is 356 g/mol. The fourth-order valence-electron chi connectivity index (χ4n) is 2.97. The van der Waals surface area contributed by atoms with Crippen LogP contribution in [-0.4, -0.2) is 31.1 Å². The number of carbonyl (C=O) groups is 2. The Hall–Kier alpha value is -3.20. The predicted octanol–water partition coefficient (Wildman–Crippen LogP) is 3.26. The molecule has 0 aliphatic carbocycles. The van der Waals surface area contributed by atoms with Gasteiger partial charge >= 0.3 is 11.8 Å². The van der Waals surface area contributed by atoms with Crippen molar-refractivity contribution in [2.75, 3.05) is 19.0 Å². The molecule has 1 heterocycles. The van der Waals surface area contributed by atoms with Gasteiger partial charge in [0.25, 0.3) is 0 Å². The number of terminal acetylenes is 1. The molecule has 6 heteroatoms. The van der Waals surface area contributed by atoms with Gasteiger partial charge in [0.1, 0.15) is 17.9 Å². The number of allylic oxidation sites excluding steroid dienone is 2. The minimum absolute atomic E-state index is 0.453. The maximum atomic E-state index is 12.3. The SMILES string of the molecule is C#CC(CC)(CC)NC(=O)C(=O)Nc1ccc(C2=CCOC=C2C)c(OC)c1. The number of methoxy groups -OCH3 is 1. The molecular formula is C22H26N2O4. The second-order valence-corrected chi connectivity index (χ2v) is 6.51. The van der Waals surface area contributed by atoms with Gasteiger partial charge in [-0.25, -0.2) is 0 Å². The first-order valence-corrected chi connectivity index (χ1v) is 9.18. The lowest BCUT2D eigenvalue weighted by atomic mass is 9.94. The Labute approximate surface area is 166 Å². The first-order chi connectivity index (χ1) is 13.4. The molecule has 2 rings (SSSR count). The molecule has 1 aromatic carbocycles. The molecule has 0 spiro atoms. The Kier molecular flexibility index (Phi) is 6.89. The molecule has 148 valence electrons. The van der Waals surface area contributed by atoms with E-state index in [0.717, 1.165) is 16.7 Å². The van der Waals surface area contributed by atoms with Crippen molar-refractivity contribution in [3.63, 3.8) is 0 Å². The molecule has 0 saturated heterocycles. The Morgan fingerprint density at radius 3 is 2.57 bits per heavy atom. The van der Waals surface area contributed by atoms with Crippen molar-refractivity contribution in [1.82, 2.24) is 5.32 Å². The monoisotopic (exact) mass is 382 g/mol. The summed E-state index contributed by atoms with van der Waals surface area (Å²) < 4.78 is 10.8. The molecule has 6 nitrogen and oxygen atoms in total. The summed E-state index contributed by atoms with van der Waals surface area (Å²) in [6.45, 7) is 6.17. The van der Waals surface area contributed by atoms with Gasteiger partial charge in [-0.05, 0) is 49.1 Å². The number of nitrogens with one attached hydrogen (secondary N) is 2. The molecule has 2 N–H and O–H groups in total. The number of ether oxygens (including phenoxy) is 2. The lowest BCUT2D eigenvalue weighted by Crippen LogP contribution is -2.50. The van der Waals surface area contributed by atoms with Crippen LogP contribution in [0.1, 0.15) is 39.2 Å². The van der Waals surface area contributed by atoms with Crippen LogP contribution < -0.4 is 15.4 Å². The smallest absolute Gasteiger partial charge is 0.313 e. The van der Waals surface area contributed by atoms with Crippen LogP contribution in [0, 0.1) is 12.3 Å². The summed E-state index contributed by atoms with van der Waals surface area (Å²) in [4.78, 5) is 24.6. The molecule has 0 saturated carbocycles. The molecule has 0 atom stereocenters. The van der Waals surface area contributed by atoms with E-state index in [0.29, 0.717) is 30.9 Å². The van der Waals surface area contributed by atoms with Gasteiger partial charge in [-0.15, -0.1) is 6.42 Å². The van der Waals surface area contributed by atoms with Gasteiger partial charge < -0.3 is 20.1 Å². The van der Waals surface area contributed by atoms with Crippen LogP contribution in [-0.2, 0) is 14.3 Å². The molecule has 0 unspecified atom stereocenters. The number of hydrogen-bond acceptors (Lipinski definition) is 4. The van der Waals surface area contributed by atoms with E-state index in [9.17, 15) is 9.59 Å². The van der Waals surface area contributed by atoms with Gasteiger partial charge in [-0.2, -0.15) is 0 Å². The van der Waals surface area contributed by atoms with E-state index >= 15 is 0 Å². The minimum atomic E-state index is -0.824. The zero-order valence-corrected chi connectivity index (χ0v) is 16.7. The normalized spacial score (nSPS) is 13.4. The van der Waals surface area contributed by atoms with Crippen molar-refractivity contribution in [3.8, 4) is 18.1 Å². The predicted molar refractivity (Wildman–Crippen MR) is 110 cm³/mol. The average Bonchev–Trinajstić information content (AvgIpc) is 2.72. The fraction of sp³-hybridized carbons (Fsp3) is 0.364. The van der Waals surface area contributed by atoms with Gasteiger partial charge in [-0.1, -0.05) is 19.8 Å². The van der Waals surface area contributed by atoms with Crippen molar-refractivity contribution < 1.29 is 19.1 Å². The molecule has 28 heavy (non-hydrogen) atoms. The van der Waals surface area contributed by atoms with E-state index in [2.05, 4.69) is 16.6 Å². The van der Waals surface area contributed by atoms with Gasteiger partial charge in [0.05, 0.1) is 13.4 Å². The minimum Gasteiger partial charge on any atom is -0.497 e. The number of amides is 2. The highest BCUT2D eigenvalue weighted by atomic mass is 16.5. The average molecular weight is 382 g/mol. The molecule has 0 bridgehead atoms. The molecule has 1 aliphatic heterocycles. The lowest BCUT2D eigenvalue weighted by Gasteiger charge is -2.26. The number of carbonyl (C=O) groups excluding carboxylic acids is 2. The molecule has 2 amide bonds. The standard InChI is InChI=1S/C22H26N2O4/c1-6-22(7-2,8-3)24-21(26)20(25)23-16-9-10-18(19(13-16)27-5)17-11-12-28-14-15(17)4/h1,9-11,13-14H,7-8,12H2,2-5H3,(H,23,25)(H,24,26). The quantitative estimate of drug-likeness (QED) is 0.585. The first-order valence-electron chi connectivity index (χ1n) is 9.18. The van der Waals surface area contributed by atoms with Crippen molar-refractivity contribution in [3.05, 3.63) is 41.7 Å². The fourth-order valence-corrected chi connectivity index (χ4v) is 2.97. The van der Waals surface area contributed by atoms with Crippen LogP contribution in [0.3, 0.4) is 0 Å². The van der Waals surface area contributed by atoms with E-state index in [-0.39, 0.29) is 0 Å². The highest BCUT2D eigenvalue weighted by molar-refractivity contribution is 6.39. The zero-order valence-electron chi connectivity index (χ0n) is 16.7. The Morgan fingerprint density at radius 2 is 2.00 bits per heavy atom. The summed E-state index contributed by atoms with van der Waals surface area (Å²) in [5.74, 6) is 1.61. The van der Waals surface area contributed by atoms with Crippen LogP contribution in [0.5, 0.6) is 5.75 Å². The summed E-state index contributed by atoms with van der Waals surface area (Å²) in [7, 11) is 1.56. The maximum absolute atomic E-state index is 12.3. The molecule has 0 fully saturated rings. The molecule has 0 aromatic heterocycles. The summed E-state index contributed by atoms with van der Waals surface area (Å²) in [5.41, 5.74) is 2.49. The Bertz CT molecular complexity index is 858. The van der Waals surface area contributed by atoms with E-state index in [1.54, 1.807) is 25.5 Å². The van der Waals surface area contributed by atoms with Crippen molar-refractivity contribution in [2.45, 2.75) is 39.2 Å². The number of anilines is 1. The first kappa shape index (κ1) is 21.1. The molecule has 1 aromatic rings. The van der Waals surface area contributed by atoms with E-state index < -0.39 is 17.4 Å². The third kappa shape index (κ3) is 4.55. The van der Waals surface area contributed by atoms with E-state index in [1.807, 2.05) is 32.9 Å². The van der Waals surface area contributed by atoms with Gasteiger partial charge in [0.2, 0.25) is 0 Å². The Balaban J connectivity index is 2.18. The highest BCUT2D eigenvalue weighted by Crippen LogP contribution is 2.34. The van der Waals surface area contributed by atoms with Crippen molar-refractivity contribution in [1.29, 1.82) is 0 Å². The molecule has 1 aliphatic rings. The second kappa shape index (κ2) is 9.14. The van der Waals surface area contributed by atoms with Crippen LogP contribution in [0.15, 0.2) is 36.1 Å². The van der Waals surface area contributed by atoms with E-state index in [4.69, 9.17) is 15.9 Å². The molecule has 0 radical (unpaired) electrons. The van der Waals surface area contributed by atoms with Gasteiger partial charge in [0, 0.05) is 17.3 Å². The van der Waals surface area contributed by atoms with Gasteiger partial charge in [0.15, 0.2) is 0 Å². The van der Waals surface area contributed by atoms with Crippen LogP contribution in [0.2, 0.25) is 0 Å². The summed E-state index contributed by atoms with van der Waals surface area (Å²) in [5, 5.41) is 5.24. The van der Waals surface area contributed by atoms with Crippen LogP contribution in [0.25, 0.3) is 5.57 Å². The van der Waals surface area contributed by atoms with Crippen molar-refractivity contribution >= 4 is 23.1 Å². The van der Waals surface area contributed by atoms with Gasteiger partial charge in [-0.3, -0.25) is 9.59 Å². The van der Waals surface area contributed by atoms with Crippen LogP contribution >= 0.6 is 0 Å². The van der Waals surface area contributed by atoms with Crippen molar-refractivity contribution in [2.24, 2.45) is 0 Å². The van der Waals surface area contributed by atoms with E-state index in [1.165, 1.54) is 0 Å². The summed E-state index contributed by atoms with van der Waals surface area (Å²) in [6, 6.07) is 5.24. The summed E-state index contributed by atoms with van der Waals surface area (Å²) in [6.07, 6.45) is 10.3. The zero-order chi connectivity index (χ0) is 20.7. The number of benzene rings is 1. The summed E-state index contributed by atoms with van der Waals surface area (Å²) >= 11 is 0. The third-order valence-corrected chi connectivity index (χ3v) is 4.86. The maximum Gasteiger partial charge on any atom is 0.313 e. The lowest BCUT2D eigenvalue weighted by molar-refractivity contribution is -0.137. The Morgan fingerprint density at radius 1 is 1.29 bits per heavy atom. The topological polar surface area (TPSA) is 76.7 Å². The highest BCUT2D eigenvalue weighted by Gasteiger charge is 2.28. The van der Waals surface area contributed by atoms with Crippen LogP contribution in [0.4, 0.5) is 5.69 Å². The second-order valence-electron chi connectivity index (χ2n) is 6.51.